The number of halogens is 1. The van der Waals surface area contributed by atoms with Crippen LogP contribution in [0.5, 0.6) is 0 Å². The Hall–Kier alpha value is 0.01000. The van der Waals surface area contributed by atoms with Crippen LogP contribution in [0.4, 0.5) is 0 Å². The lowest BCUT2D eigenvalue weighted by atomic mass is 10.1. The van der Waals surface area contributed by atoms with Gasteiger partial charge in [0.2, 0.25) is 0 Å². The van der Waals surface area contributed by atoms with Crippen LogP contribution in [0.1, 0.15) is 24.0 Å². The van der Waals surface area contributed by atoms with E-state index in [2.05, 4.69) is 58.1 Å². The molecule has 1 saturated heterocycles. The van der Waals surface area contributed by atoms with E-state index in [-0.39, 0.29) is 0 Å². The molecule has 1 heterocycles. The molecule has 1 aromatic carbocycles. The van der Waals surface area contributed by atoms with E-state index in [0.29, 0.717) is 0 Å². The Bertz CT molecular complexity index is 348. The van der Waals surface area contributed by atoms with Crippen LogP contribution in [0.25, 0.3) is 0 Å². The predicted octanol–water partition coefficient (Wildman–Crippen LogP) is 3.74. The summed E-state index contributed by atoms with van der Waals surface area (Å²) in [5.74, 6) is 1.35. The quantitative estimate of drug-likeness (QED) is 0.909. The van der Waals surface area contributed by atoms with Crippen LogP contribution >= 0.6 is 27.7 Å². The Balaban J connectivity index is 1.80. The molecule has 3 heteroatoms. The van der Waals surface area contributed by atoms with Crippen molar-refractivity contribution in [2.24, 2.45) is 0 Å². The molecule has 1 fully saturated rings. The average molecular weight is 300 g/mol. The first-order valence-corrected chi connectivity index (χ1v) is 7.67. The van der Waals surface area contributed by atoms with Gasteiger partial charge in [-0.15, -0.1) is 0 Å². The summed E-state index contributed by atoms with van der Waals surface area (Å²) in [6, 6.07) is 6.56. The maximum absolute atomic E-state index is 3.62. The molecule has 0 spiro atoms. The molecule has 0 aromatic heterocycles. The van der Waals surface area contributed by atoms with E-state index < -0.39 is 0 Å². The largest absolute Gasteiger partial charge is 0.312 e. The Morgan fingerprint density at radius 3 is 3.06 bits per heavy atom. The molecule has 16 heavy (non-hydrogen) atoms. The van der Waals surface area contributed by atoms with Crippen LogP contribution in [0, 0.1) is 6.92 Å². The van der Waals surface area contributed by atoms with Crippen LogP contribution in [0.15, 0.2) is 22.7 Å². The molecule has 2 rings (SSSR count). The van der Waals surface area contributed by atoms with Crippen LogP contribution < -0.4 is 5.32 Å². The first-order valence-electron chi connectivity index (χ1n) is 5.83. The SMILES string of the molecule is Cc1ccc(CNCC2CCCS2)c(Br)c1. The van der Waals surface area contributed by atoms with Crippen molar-refractivity contribution in [1.82, 2.24) is 5.32 Å². The summed E-state index contributed by atoms with van der Waals surface area (Å²) in [6.07, 6.45) is 2.78. The van der Waals surface area contributed by atoms with E-state index in [1.807, 2.05) is 0 Å². The van der Waals surface area contributed by atoms with E-state index in [1.54, 1.807) is 0 Å². The van der Waals surface area contributed by atoms with Crippen molar-refractivity contribution in [3.63, 3.8) is 0 Å². The summed E-state index contributed by atoms with van der Waals surface area (Å²) >= 11 is 5.73. The number of rotatable bonds is 4. The molecule has 88 valence electrons. The van der Waals surface area contributed by atoms with Gasteiger partial charge in [0.25, 0.3) is 0 Å². The molecule has 0 amide bonds. The zero-order valence-corrected chi connectivity index (χ0v) is 12.0. The molecular weight excluding hydrogens is 282 g/mol. The highest BCUT2D eigenvalue weighted by atomic mass is 79.9. The Morgan fingerprint density at radius 1 is 1.50 bits per heavy atom. The minimum absolute atomic E-state index is 0.837. The van der Waals surface area contributed by atoms with Crippen LogP contribution in [0.2, 0.25) is 0 Å². The zero-order chi connectivity index (χ0) is 11.4. The Kier molecular flexibility index (Phi) is 4.74. The molecular formula is C13H18BrNS. The van der Waals surface area contributed by atoms with Crippen molar-refractivity contribution in [3.05, 3.63) is 33.8 Å². The van der Waals surface area contributed by atoms with E-state index in [1.165, 1.54) is 34.2 Å². The molecule has 1 aromatic rings. The molecule has 0 radical (unpaired) electrons. The van der Waals surface area contributed by atoms with Gasteiger partial charge < -0.3 is 5.32 Å². The third kappa shape index (κ3) is 3.51. The lowest BCUT2D eigenvalue weighted by Gasteiger charge is -2.11. The topological polar surface area (TPSA) is 12.0 Å². The predicted molar refractivity (Wildman–Crippen MR) is 76.1 cm³/mol. The van der Waals surface area contributed by atoms with Crippen LogP contribution in [0.3, 0.4) is 0 Å². The van der Waals surface area contributed by atoms with Crippen molar-refractivity contribution in [1.29, 1.82) is 0 Å². The zero-order valence-electron chi connectivity index (χ0n) is 9.63. The molecule has 1 aliphatic heterocycles. The lowest BCUT2D eigenvalue weighted by molar-refractivity contribution is 0.645. The van der Waals surface area contributed by atoms with Crippen molar-refractivity contribution < 1.29 is 0 Å². The minimum Gasteiger partial charge on any atom is -0.312 e. The second-order valence-corrected chi connectivity index (χ2v) is 6.62. The third-order valence-electron chi connectivity index (χ3n) is 2.92. The molecule has 1 nitrogen and oxygen atoms in total. The first kappa shape index (κ1) is 12.5. The number of aryl methyl sites for hydroxylation is 1. The first-order chi connectivity index (χ1) is 7.75. The number of hydrogen-bond donors (Lipinski definition) is 1. The lowest BCUT2D eigenvalue weighted by Crippen LogP contribution is -2.22. The summed E-state index contributed by atoms with van der Waals surface area (Å²) in [6.45, 7) is 4.24. The smallest absolute Gasteiger partial charge is 0.0222 e. The second kappa shape index (κ2) is 6.08. The molecule has 1 N–H and O–H groups in total. The average Bonchev–Trinajstić information content (AvgIpc) is 2.74. The van der Waals surface area contributed by atoms with Gasteiger partial charge in [0.15, 0.2) is 0 Å². The van der Waals surface area contributed by atoms with Crippen LogP contribution in [-0.4, -0.2) is 17.5 Å². The standard InChI is InChI=1S/C13H18BrNS/c1-10-4-5-11(13(14)7-10)8-15-9-12-3-2-6-16-12/h4-5,7,12,15H,2-3,6,8-9H2,1H3. The molecule has 0 aliphatic carbocycles. The summed E-state index contributed by atoms with van der Waals surface area (Å²) < 4.78 is 1.22. The normalized spacial score (nSPS) is 20.2. The van der Waals surface area contributed by atoms with Gasteiger partial charge in [-0.3, -0.25) is 0 Å². The van der Waals surface area contributed by atoms with Gasteiger partial charge in [0.05, 0.1) is 0 Å². The van der Waals surface area contributed by atoms with Gasteiger partial charge in [0, 0.05) is 22.8 Å². The molecule has 1 aliphatic rings. The van der Waals surface area contributed by atoms with E-state index in [9.17, 15) is 0 Å². The van der Waals surface area contributed by atoms with E-state index in [0.717, 1.165) is 18.3 Å². The number of benzene rings is 1. The number of hydrogen-bond acceptors (Lipinski definition) is 2. The van der Waals surface area contributed by atoms with Gasteiger partial charge in [-0.1, -0.05) is 28.1 Å². The van der Waals surface area contributed by atoms with Gasteiger partial charge in [-0.05, 0) is 42.7 Å². The monoisotopic (exact) mass is 299 g/mol. The fraction of sp³-hybridized carbons (Fsp3) is 0.538. The highest BCUT2D eigenvalue weighted by molar-refractivity contribution is 9.10. The van der Waals surface area contributed by atoms with Gasteiger partial charge in [-0.2, -0.15) is 11.8 Å². The van der Waals surface area contributed by atoms with Crippen molar-refractivity contribution in [3.8, 4) is 0 Å². The highest BCUT2D eigenvalue weighted by Gasteiger charge is 2.14. The Morgan fingerprint density at radius 2 is 2.38 bits per heavy atom. The molecule has 0 saturated carbocycles. The summed E-state index contributed by atoms with van der Waals surface area (Å²) in [7, 11) is 0. The van der Waals surface area contributed by atoms with Gasteiger partial charge in [0.1, 0.15) is 0 Å². The van der Waals surface area contributed by atoms with Crippen molar-refractivity contribution >= 4 is 27.7 Å². The van der Waals surface area contributed by atoms with Gasteiger partial charge in [-0.25, -0.2) is 0 Å². The summed E-state index contributed by atoms with van der Waals surface area (Å²) in [5, 5.41) is 4.39. The molecule has 0 bridgehead atoms. The van der Waals surface area contributed by atoms with E-state index in [4.69, 9.17) is 0 Å². The molecule has 1 atom stereocenters. The molecule has 1 unspecified atom stereocenters. The highest BCUT2D eigenvalue weighted by Crippen LogP contribution is 2.25. The van der Waals surface area contributed by atoms with Crippen molar-refractivity contribution in [2.45, 2.75) is 31.6 Å². The number of thioether (sulfide) groups is 1. The second-order valence-electron chi connectivity index (χ2n) is 4.36. The summed E-state index contributed by atoms with van der Waals surface area (Å²) in [5.41, 5.74) is 2.66. The fourth-order valence-electron chi connectivity index (χ4n) is 1.97. The minimum atomic E-state index is 0.837. The summed E-state index contributed by atoms with van der Waals surface area (Å²) in [4.78, 5) is 0. The number of nitrogens with one attached hydrogen (secondary N) is 1. The fourth-order valence-corrected chi connectivity index (χ4v) is 3.84. The van der Waals surface area contributed by atoms with Gasteiger partial charge >= 0.3 is 0 Å². The van der Waals surface area contributed by atoms with E-state index >= 15 is 0 Å². The Labute approximate surface area is 111 Å². The maximum Gasteiger partial charge on any atom is 0.0222 e. The van der Waals surface area contributed by atoms with Crippen LogP contribution in [-0.2, 0) is 6.54 Å². The van der Waals surface area contributed by atoms with Crippen molar-refractivity contribution in [2.75, 3.05) is 12.3 Å². The maximum atomic E-state index is 3.62. The third-order valence-corrected chi connectivity index (χ3v) is 5.06.